The van der Waals surface area contributed by atoms with Crippen LogP contribution in [0.5, 0.6) is 0 Å². The molecule has 3 heteroatoms. The fourth-order valence-electron chi connectivity index (χ4n) is 3.90. The summed E-state index contributed by atoms with van der Waals surface area (Å²) < 4.78 is 5.24. The zero-order chi connectivity index (χ0) is 20.1. The number of ether oxygens (including phenoxy) is 1. The molecule has 4 aromatic rings. The Hall–Kier alpha value is -3.33. The molecule has 1 heterocycles. The molecule has 3 nitrogen and oxygen atoms in total. The highest BCUT2D eigenvalue weighted by Gasteiger charge is 2.22. The van der Waals surface area contributed by atoms with Crippen LogP contribution in [0, 0.1) is 0 Å². The minimum Gasteiger partial charge on any atom is -0.466 e. The third kappa shape index (κ3) is 4.40. The molecule has 0 bridgehead atoms. The lowest BCUT2D eigenvalue weighted by atomic mass is 9.88. The van der Waals surface area contributed by atoms with Gasteiger partial charge in [-0.25, -0.2) is 0 Å². The smallest absolute Gasteiger partial charge is 0.306 e. The predicted molar refractivity (Wildman–Crippen MR) is 117 cm³/mol. The van der Waals surface area contributed by atoms with Gasteiger partial charge in [-0.3, -0.25) is 4.79 Å². The predicted octanol–water partition coefficient (Wildman–Crippen LogP) is 5.84. The maximum atomic E-state index is 12.3. The van der Waals surface area contributed by atoms with Gasteiger partial charge in [-0.2, -0.15) is 0 Å². The maximum Gasteiger partial charge on any atom is 0.306 e. The molecule has 29 heavy (non-hydrogen) atoms. The number of nitrogens with one attached hydrogen (secondary N) is 1. The van der Waals surface area contributed by atoms with Crippen molar-refractivity contribution in [2.24, 2.45) is 0 Å². The molecule has 0 saturated heterocycles. The van der Waals surface area contributed by atoms with Crippen LogP contribution in [0.4, 0.5) is 0 Å². The zero-order valence-corrected chi connectivity index (χ0v) is 16.6. The third-order valence-corrected chi connectivity index (χ3v) is 5.28. The van der Waals surface area contributed by atoms with Gasteiger partial charge < -0.3 is 9.72 Å². The van der Waals surface area contributed by atoms with Gasteiger partial charge in [0.25, 0.3) is 0 Å². The molecule has 1 unspecified atom stereocenters. The summed E-state index contributed by atoms with van der Waals surface area (Å²) in [6.07, 6.45) is 3.26. The molecule has 0 fully saturated rings. The molecule has 1 aromatic heterocycles. The molecular formula is C26H25NO2. The SMILES string of the molecule is CCOC(=O)CC(c1ccccc1)c1c[nH]c2cc(Cc3ccccc3)ccc12. The first-order chi connectivity index (χ1) is 14.2. The van der Waals surface area contributed by atoms with Gasteiger partial charge in [0, 0.05) is 23.0 Å². The van der Waals surface area contributed by atoms with Crippen molar-refractivity contribution < 1.29 is 9.53 Å². The van der Waals surface area contributed by atoms with Crippen LogP contribution in [0.3, 0.4) is 0 Å². The van der Waals surface area contributed by atoms with Crippen molar-refractivity contribution in [2.45, 2.75) is 25.7 Å². The van der Waals surface area contributed by atoms with E-state index in [1.165, 1.54) is 11.1 Å². The Morgan fingerprint density at radius 1 is 0.931 bits per heavy atom. The number of esters is 1. The van der Waals surface area contributed by atoms with Crippen LogP contribution in [0.25, 0.3) is 10.9 Å². The zero-order valence-electron chi connectivity index (χ0n) is 16.6. The van der Waals surface area contributed by atoms with Gasteiger partial charge in [0.05, 0.1) is 13.0 Å². The average molecular weight is 383 g/mol. The molecule has 0 amide bonds. The van der Waals surface area contributed by atoms with Crippen LogP contribution >= 0.6 is 0 Å². The Morgan fingerprint density at radius 3 is 2.38 bits per heavy atom. The second-order valence-corrected chi connectivity index (χ2v) is 7.26. The van der Waals surface area contributed by atoms with Gasteiger partial charge in [-0.1, -0.05) is 72.8 Å². The lowest BCUT2D eigenvalue weighted by Crippen LogP contribution is -2.11. The van der Waals surface area contributed by atoms with E-state index in [9.17, 15) is 4.79 Å². The Bertz CT molecular complexity index is 1080. The number of hydrogen-bond donors (Lipinski definition) is 1. The minimum absolute atomic E-state index is 0.0380. The molecule has 0 aliphatic carbocycles. The Kier molecular flexibility index (Phi) is 5.76. The maximum absolute atomic E-state index is 12.3. The largest absolute Gasteiger partial charge is 0.466 e. The van der Waals surface area contributed by atoms with Gasteiger partial charge in [-0.15, -0.1) is 0 Å². The van der Waals surface area contributed by atoms with Crippen molar-refractivity contribution in [3.63, 3.8) is 0 Å². The molecule has 4 rings (SSSR count). The molecule has 0 aliphatic heterocycles. The van der Waals surface area contributed by atoms with Crippen molar-refractivity contribution in [1.29, 1.82) is 0 Å². The Morgan fingerprint density at radius 2 is 1.66 bits per heavy atom. The van der Waals surface area contributed by atoms with E-state index in [1.54, 1.807) is 0 Å². The Labute approximate surface area is 171 Å². The number of aromatic amines is 1. The summed E-state index contributed by atoms with van der Waals surface area (Å²) >= 11 is 0. The van der Waals surface area contributed by atoms with Crippen molar-refractivity contribution in [2.75, 3.05) is 6.61 Å². The first-order valence-electron chi connectivity index (χ1n) is 10.1. The van der Waals surface area contributed by atoms with Gasteiger partial charge in [0.15, 0.2) is 0 Å². The number of H-pyrrole nitrogens is 1. The van der Waals surface area contributed by atoms with Gasteiger partial charge in [0.2, 0.25) is 0 Å². The fraction of sp³-hybridized carbons (Fsp3) is 0.192. The van der Waals surface area contributed by atoms with E-state index >= 15 is 0 Å². The van der Waals surface area contributed by atoms with Crippen LogP contribution in [-0.4, -0.2) is 17.6 Å². The van der Waals surface area contributed by atoms with E-state index in [0.717, 1.165) is 28.5 Å². The molecule has 3 aromatic carbocycles. The summed E-state index contributed by atoms with van der Waals surface area (Å²) in [6, 6.07) is 27.2. The van der Waals surface area contributed by atoms with Crippen LogP contribution in [-0.2, 0) is 16.0 Å². The number of hydrogen-bond acceptors (Lipinski definition) is 2. The van der Waals surface area contributed by atoms with Crippen LogP contribution in [0.15, 0.2) is 85.1 Å². The number of rotatable bonds is 7. The molecule has 1 atom stereocenters. The highest BCUT2D eigenvalue weighted by molar-refractivity contribution is 5.86. The first kappa shape index (κ1) is 19.0. The summed E-state index contributed by atoms with van der Waals surface area (Å²) in [5.41, 5.74) is 5.90. The minimum atomic E-state index is -0.170. The van der Waals surface area contributed by atoms with Gasteiger partial charge in [0.1, 0.15) is 0 Å². The molecule has 146 valence electrons. The van der Waals surface area contributed by atoms with Gasteiger partial charge in [-0.05, 0) is 41.7 Å². The molecule has 1 N–H and O–H groups in total. The summed E-state index contributed by atoms with van der Waals surface area (Å²) in [5.74, 6) is -0.208. The van der Waals surface area contributed by atoms with Gasteiger partial charge >= 0.3 is 5.97 Å². The topological polar surface area (TPSA) is 42.1 Å². The number of benzene rings is 3. The third-order valence-electron chi connectivity index (χ3n) is 5.28. The normalized spacial score (nSPS) is 12.0. The molecule has 0 saturated carbocycles. The average Bonchev–Trinajstić information content (AvgIpc) is 3.16. The van der Waals surface area contributed by atoms with Crippen molar-refractivity contribution in [3.05, 3.63) is 107 Å². The highest BCUT2D eigenvalue weighted by atomic mass is 16.5. The number of aromatic nitrogens is 1. The first-order valence-corrected chi connectivity index (χ1v) is 10.1. The fourth-order valence-corrected chi connectivity index (χ4v) is 3.90. The van der Waals surface area contributed by atoms with E-state index < -0.39 is 0 Å². The monoisotopic (exact) mass is 383 g/mol. The molecular weight excluding hydrogens is 358 g/mol. The van der Waals surface area contributed by atoms with Crippen molar-refractivity contribution in [1.82, 2.24) is 4.98 Å². The number of carbonyl (C=O) groups is 1. The van der Waals surface area contributed by atoms with Crippen LogP contribution < -0.4 is 0 Å². The van der Waals surface area contributed by atoms with Crippen molar-refractivity contribution in [3.8, 4) is 0 Å². The van der Waals surface area contributed by atoms with E-state index in [0.29, 0.717) is 13.0 Å². The van der Waals surface area contributed by atoms with Crippen LogP contribution in [0.1, 0.15) is 41.5 Å². The number of fused-ring (bicyclic) bond motifs is 1. The lowest BCUT2D eigenvalue weighted by Gasteiger charge is -2.16. The van der Waals surface area contributed by atoms with Crippen LogP contribution in [0.2, 0.25) is 0 Å². The number of carbonyl (C=O) groups excluding carboxylic acids is 1. The second-order valence-electron chi connectivity index (χ2n) is 7.26. The lowest BCUT2D eigenvalue weighted by molar-refractivity contribution is -0.143. The van der Waals surface area contributed by atoms with E-state index in [4.69, 9.17) is 4.74 Å². The summed E-state index contributed by atoms with van der Waals surface area (Å²) in [7, 11) is 0. The quantitative estimate of drug-likeness (QED) is 0.407. The van der Waals surface area contributed by atoms with E-state index in [1.807, 2.05) is 37.4 Å². The second kappa shape index (κ2) is 8.78. The summed E-state index contributed by atoms with van der Waals surface area (Å²) in [6.45, 7) is 2.24. The van der Waals surface area contributed by atoms with E-state index in [-0.39, 0.29) is 11.9 Å². The summed E-state index contributed by atoms with van der Waals surface area (Å²) in [5, 5.41) is 1.15. The molecule has 0 spiro atoms. The molecule has 0 radical (unpaired) electrons. The highest BCUT2D eigenvalue weighted by Crippen LogP contribution is 2.34. The standard InChI is InChI=1S/C26H25NO2/c1-2-29-26(28)17-23(21-11-7-4-8-12-21)24-18-27-25-16-20(13-14-22(24)25)15-19-9-5-3-6-10-19/h3-14,16,18,23,27H,2,15,17H2,1H3. The summed E-state index contributed by atoms with van der Waals surface area (Å²) in [4.78, 5) is 15.7. The van der Waals surface area contributed by atoms with Crippen molar-refractivity contribution >= 4 is 16.9 Å². The molecule has 0 aliphatic rings. The van der Waals surface area contributed by atoms with E-state index in [2.05, 4.69) is 59.6 Å². The Balaban J connectivity index is 1.67.